The van der Waals surface area contributed by atoms with Gasteiger partial charge in [-0.3, -0.25) is 38.6 Å². The molecule has 224 valence electrons. The number of nitrogens with two attached hydrogens (primary N) is 2. The fourth-order valence-corrected chi connectivity index (χ4v) is 3.69. The lowest BCUT2D eigenvalue weighted by Crippen LogP contribution is -2.56. The number of guanidine groups is 1. The minimum atomic E-state index is -1.63. The third-order valence-corrected chi connectivity index (χ3v) is 5.71. The topological polar surface area (TPSA) is 284 Å². The van der Waals surface area contributed by atoms with Gasteiger partial charge in [0.15, 0.2) is 5.96 Å². The van der Waals surface area contributed by atoms with Crippen molar-refractivity contribution in [2.24, 2.45) is 16.5 Å². The van der Waals surface area contributed by atoms with Gasteiger partial charge in [0, 0.05) is 25.9 Å². The Morgan fingerprint density at radius 3 is 2.08 bits per heavy atom. The van der Waals surface area contributed by atoms with Crippen molar-refractivity contribution >= 4 is 47.4 Å². The lowest BCUT2D eigenvalue weighted by atomic mass is 10.1. The van der Waals surface area contributed by atoms with E-state index in [-0.39, 0.29) is 38.3 Å². The molecule has 17 heteroatoms. The van der Waals surface area contributed by atoms with E-state index in [9.17, 15) is 38.7 Å². The van der Waals surface area contributed by atoms with Gasteiger partial charge in [-0.05, 0) is 32.1 Å². The second kappa shape index (κ2) is 18.0. The molecule has 1 aliphatic rings. The lowest BCUT2D eigenvalue weighted by molar-refractivity contribution is -0.141. The van der Waals surface area contributed by atoms with E-state index in [4.69, 9.17) is 16.6 Å². The van der Waals surface area contributed by atoms with Crippen LogP contribution in [-0.2, 0) is 33.6 Å². The number of amides is 5. The van der Waals surface area contributed by atoms with Crippen molar-refractivity contribution in [3.05, 3.63) is 0 Å². The van der Waals surface area contributed by atoms with E-state index in [1.54, 1.807) is 0 Å². The Morgan fingerprint density at radius 2 is 1.43 bits per heavy atom. The quantitative estimate of drug-likeness (QED) is 0.0749. The molecule has 1 saturated heterocycles. The number of carboxylic acids is 2. The summed E-state index contributed by atoms with van der Waals surface area (Å²) in [5.41, 5.74) is 10.6. The Labute approximate surface area is 230 Å². The fraction of sp³-hybridized carbons (Fsp3) is 0.652. The van der Waals surface area contributed by atoms with Crippen molar-refractivity contribution in [2.75, 3.05) is 19.6 Å². The third-order valence-electron chi connectivity index (χ3n) is 5.71. The third kappa shape index (κ3) is 14.5. The van der Waals surface area contributed by atoms with Crippen LogP contribution in [0.4, 0.5) is 0 Å². The first-order valence-electron chi connectivity index (χ1n) is 12.8. The Kier molecular flexibility index (Phi) is 15.1. The molecule has 5 amide bonds. The summed E-state index contributed by atoms with van der Waals surface area (Å²) in [4.78, 5) is 89.2. The van der Waals surface area contributed by atoms with Crippen LogP contribution in [-0.4, -0.2) is 95.4 Å². The molecule has 1 aliphatic heterocycles. The molecule has 0 bridgehead atoms. The number of nitrogens with one attached hydrogen (secondary N) is 5. The average molecular weight is 571 g/mol. The van der Waals surface area contributed by atoms with Crippen molar-refractivity contribution in [3.63, 3.8) is 0 Å². The first kappa shape index (κ1) is 33.6. The summed E-state index contributed by atoms with van der Waals surface area (Å²) in [6.45, 7) is -0.274. The van der Waals surface area contributed by atoms with Gasteiger partial charge < -0.3 is 48.3 Å². The number of nitrogens with zero attached hydrogens (tertiary/aromatic N) is 1. The van der Waals surface area contributed by atoms with Gasteiger partial charge in [-0.25, -0.2) is 0 Å². The summed E-state index contributed by atoms with van der Waals surface area (Å²) in [6, 6.07) is -3.94. The smallest absolute Gasteiger partial charge is 0.305 e. The van der Waals surface area contributed by atoms with Crippen LogP contribution in [0.3, 0.4) is 0 Å². The van der Waals surface area contributed by atoms with Gasteiger partial charge in [0.05, 0.1) is 13.0 Å². The van der Waals surface area contributed by atoms with Crippen molar-refractivity contribution in [3.8, 4) is 0 Å². The van der Waals surface area contributed by atoms with Crippen LogP contribution in [0, 0.1) is 0 Å². The second-order valence-corrected chi connectivity index (χ2v) is 9.10. The predicted octanol–water partition coefficient (Wildman–Crippen LogP) is -3.36. The van der Waals surface area contributed by atoms with Crippen molar-refractivity contribution in [1.82, 2.24) is 26.6 Å². The van der Waals surface area contributed by atoms with Gasteiger partial charge in [-0.1, -0.05) is 6.42 Å². The summed E-state index contributed by atoms with van der Waals surface area (Å²) in [7, 11) is 0. The van der Waals surface area contributed by atoms with Crippen LogP contribution in [0.1, 0.15) is 57.8 Å². The number of carboxylic acid groups (broad SMARTS) is 2. The maximum absolute atomic E-state index is 12.8. The molecule has 1 rings (SSSR count). The number of hydrogen-bond acceptors (Lipinski definition) is 8. The molecule has 0 unspecified atom stereocenters. The molecule has 1 heterocycles. The Morgan fingerprint density at radius 1 is 0.775 bits per heavy atom. The zero-order valence-corrected chi connectivity index (χ0v) is 22.1. The van der Waals surface area contributed by atoms with Gasteiger partial charge in [-0.2, -0.15) is 0 Å². The standard InChI is InChI=1S/C23H38N8O9/c24-23(25)27-10-4-5-13-21(39)28-12-17(33)30-15(11-19(36)37)22(40)31-14(7-8-18(34)35)20(38)26-9-3-1-2-6-16(32)29-13/h13-15H,1-12H2,(H,26,38)(H,28,39)(H,29,32)(H,30,33)(H,31,40)(H,34,35)(H,36,37)(H4,24,25,27)/t13-,14-,15-/m0/s1. The highest BCUT2D eigenvalue weighted by atomic mass is 16.4. The number of carbonyl (C=O) groups excluding carboxylic acids is 5. The Balaban J connectivity index is 3.07. The van der Waals surface area contributed by atoms with Gasteiger partial charge in [-0.15, -0.1) is 0 Å². The molecule has 1 fully saturated rings. The van der Waals surface area contributed by atoms with Crippen molar-refractivity contribution < 1.29 is 43.8 Å². The van der Waals surface area contributed by atoms with E-state index in [0.717, 1.165) is 0 Å². The van der Waals surface area contributed by atoms with E-state index in [1.165, 1.54) is 0 Å². The van der Waals surface area contributed by atoms with Gasteiger partial charge in [0.25, 0.3) is 0 Å². The zero-order valence-electron chi connectivity index (χ0n) is 22.1. The number of aliphatic carboxylic acids is 2. The van der Waals surface area contributed by atoms with E-state index < -0.39 is 79.0 Å². The predicted molar refractivity (Wildman–Crippen MR) is 139 cm³/mol. The van der Waals surface area contributed by atoms with Crippen molar-refractivity contribution in [2.45, 2.75) is 75.9 Å². The first-order valence-corrected chi connectivity index (χ1v) is 12.8. The van der Waals surface area contributed by atoms with Gasteiger partial charge in [0.2, 0.25) is 29.5 Å². The van der Waals surface area contributed by atoms with Crippen molar-refractivity contribution in [1.29, 1.82) is 0 Å². The summed E-state index contributed by atoms with van der Waals surface area (Å²) >= 11 is 0. The normalized spacial score (nSPS) is 22.1. The number of hydrogen-bond donors (Lipinski definition) is 9. The summed E-state index contributed by atoms with van der Waals surface area (Å²) in [6.07, 6.45) is 0.476. The zero-order chi connectivity index (χ0) is 30.1. The molecule has 0 aromatic heterocycles. The molecule has 0 aromatic carbocycles. The molecule has 40 heavy (non-hydrogen) atoms. The second-order valence-electron chi connectivity index (χ2n) is 9.10. The van der Waals surface area contributed by atoms with Gasteiger partial charge >= 0.3 is 11.9 Å². The molecular weight excluding hydrogens is 532 g/mol. The molecule has 17 nitrogen and oxygen atoms in total. The van der Waals surface area contributed by atoms with Crippen LogP contribution in [0.25, 0.3) is 0 Å². The molecule has 3 atom stereocenters. The fourth-order valence-electron chi connectivity index (χ4n) is 3.69. The number of aliphatic imine (C=N–C) groups is 1. The van der Waals surface area contributed by atoms with E-state index in [0.29, 0.717) is 25.7 Å². The van der Waals surface area contributed by atoms with Crippen LogP contribution in [0.15, 0.2) is 4.99 Å². The lowest BCUT2D eigenvalue weighted by Gasteiger charge is -2.22. The SMILES string of the molecule is NC(N)=NCCC[C@@H]1NC(=O)CCCCCNC(=O)[C@H](CCC(=O)O)NC(=O)[C@H](CC(=O)O)NC(=O)CNC1=O. The largest absolute Gasteiger partial charge is 0.481 e. The monoisotopic (exact) mass is 570 g/mol. The van der Waals surface area contributed by atoms with E-state index in [2.05, 4.69) is 31.6 Å². The van der Waals surface area contributed by atoms with Crippen LogP contribution < -0.4 is 38.1 Å². The number of carbonyl (C=O) groups is 7. The minimum absolute atomic E-state index is 0.0975. The number of rotatable bonds is 9. The van der Waals surface area contributed by atoms with Crippen LogP contribution in [0.2, 0.25) is 0 Å². The highest BCUT2D eigenvalue weighted by Crippen LogP contribution is 2.05. The van der Waals surface area contributed by atoms with E-state index >= 15 is 0 Å². The molecule has 0 saturated carbocycles. The first-order chi connectivity index (χ1) is 18.9. The maximum atomic E-state index is 12.8. The Bertz CT molecular complexity index is 968. The maximum Gasteiger partial charge on any atom is 0.305 e. The molecule has 11 N–H and O–H groups in total. The highest BCUT2D eigenvalue weighted by Gasteiger charge is 2.29. The molecule has 0 spiro atoms. The molecular formula is C23H38N8O9. The van der Waals surface area contributed by atoms with E-state index in [1.807, 2.05) is 0 Å². The Hall–Kier alpha value is -4.44. The highest BCUT2D eigenvalue weighted by molar-refractivity contribution is 5.95. The van der Waals surface area contributed by atoms with Crippen LogP contribution >= 0.6 is 0 Å². The average Bonchev–Trinajstić information content (AvgIpc) is 2.87. The minimum Gasteiger partial charge on any atom is -0.481 e. The molecule has 0 radical (unpaired) electrons. The summed E-state index contributed by atoms with van der Waals surface area (Å²) < 4.78 is 0. The molecule has 0 aromatic rings. The molecule has 0 aliphatic carbocycles. The van der Waals surface area contributed by atoms with Gasteiger partial charge in [0.1, 0.15) is 18.1 Å². The summed E-state index contributed by atoms with van der Waals surface area (Å²) in [5, 5.41) is 30.2. The summed E-state index contributed by atoms with van der Waals surface area (Å²) in [5.74, 6) is -6.47. The van der Waals surface area contributed by atoms with Crippen LogP contribution in [0.5, 0.6) is 0 Å².